The van der Waals surface area contributed by atoms with Crippen LogP contribution in [0.4, 0.5) is 13.9 Å². The molecule has 1 amide bonds. The van der Waals surface area contributed by atoms with Crippen molar-refractivity contribution in [2.75, 3.05) is 5.32 Å². The van der Waals surface area contributed by atoms with Crippen LogP contribution in [-0.4, -0.2) is 10.9 Å². The number of amides is 1. The van der Waals surface area contributed by atoms with E-state index in [-0.39, 0.29) is 10.6 Å². The molecule has 0 radical (unpaired) electrons. The third-order valence-electron chi connectivity index (χ3n) is 2.96. The van der Waals surface area contributed by atoms with Gasteiger partial charge in [0.1, 0.15) is 11.3 Å². The molecule has 0 spiro atoms. The largest absolute Gasteiger partial charge is 0.298 e. The highest BCUT2D eigenvalue weighted by atomic mass is 35.5. The number of benzene rings is 2. The van der Waals surface area contributed by atoms with Crippen molar-refractivity contribution in [3.63, 3.8) is 0 Å². The van der Waals surface area contributed by atoms with Crippen LogP contribution in [0.3, 0.4) is 0 Å². The van der Waals surface area contributed by atoms with Gasteiger partial charge >= 0.3 is 0 Å². The molecule has 7 heteroatoms. The predicted octanol–water partition coefficient (Wildman–Crippen LogP) is 4.88. The molecule has 0 aliphatic heterocycles. The zero-order valence-electron chi connectivity index (χ0n) is 11.5. The van der Waals surface area contributed by atoms with E-state index in [1.165, 1.54) is 12.1 Å². The van der Waals surface area contributed by atoms with Crippen molar-refractivity contribution in [2.45, 2.75) is 0 Å². The van der Waals surface area contributed by atoms with Gasteiger partial charge in [-0.05, 0) is 23.8 Å². The van der Waals surface area contributed by atoms with Crippen LogP contribution in [0, 0.1) is 11.6 Å². The number of carbonyl (C=O) groups excluding carboxylic acids is 1. The summed E-state index contributed by atoms with van der Waals surface area (Å²) in [5.41, 5.74) is 0.725. The molecule has 3 rings (SSSR count). The van der Waals surface area contributed by atoms with E-state index in [9.17, 15) is 13.6 Å². The Balaban J connectivity index is 1.78. The second-order valence-corrected chi connectivity index (χ2v) is 6.04. The predicted molar refractivity (Wildman–Crippen MR) is 88.7 cm³/mol. The minimum Gasteiger partial charge on any atom is -0.298 e. The quantitative estimate of drug-likeness (QED) is 0.684. The molecule has 0 fully saturated rings. The summed E-state index contributed by atoms with van der Waals surface area (Å²) in [7, 11) is 0. The second-order valence-electron chi connectivity index (χ2n) is 4.60. The Morgan fingerprint density at radius 1 is 1.26 bits per heavy atom. The van der Waals surface area contributed by atoms with Gasteiger partial charge in [0.05, 0.1) is 4.70 Å². The van der Waals surface area contributed by atoms with E-state index in [1.54, 1.807) is 30.3 Å². The molecule has 0 atom stereocenters. The summed E-state index contributed by atoms with van der Waals surface area (Å²) in [6.07, 6.45) is 2.86. The lowest BCUT2D eigenvalue weighted by Crippen LogP contribution is -2.07. The number of nitrogens with zero attached hydrogens (tertiary/aromatic N) is 1. The Morgan fingerprint density at radius 2 is 2.04 bits per heavy atom. The highest BCUT2D eigenvalue weighted by molar-refractivity contribution is 7.22. The Bertz CT molecular complexity index is 924. The van der Waals surface area contributed by atoms with Crippen molar-refractivity contribution in [2.24, 2.45) is 0 Å². The molecule has 0 unspecified atom stereocenters. The molecular formula is C16H9ClF2N2OS. The molecule has 1 aromatic heterocycles. The fraction of sp³-hybridized carbons (Fsp3) is 0. The fourth-order valence-electron chi connectivity index (χ4n) is 1.93. The van der Waals surface area contributed by atoms with Gasteiger partial charge in [-0.1, -0.05) is 41.1 Å². The highest BCUT2D eigenvalue weighted by Crippen LogP contribution is 2.28. The zero-order valence-corrected chi connectivity index (χ0v) is 13.1. The molecule has 0 saturated carbocycles. The maximum Gasteiger partial charge on any atom is 0.250 e. The average Bonchev–Trinajstić information content (AvgIpc) is 2.89. The van der Waals surface area contributed by atoms with Crippen LogP contribution >= 0.6 is 22.9 Å². The van der Waals surface area contributed by atoms with E-state index >= 15 is 0 Å². The average molecular weight is 351 g/mol. The van der Waals surface area contributed by atoms with Crippen LogP contribution in [0.5, 0.6) is 0 Å². The molecule has 3 nitrogen and oxygen atoms in total. The van der Waals surface area contributed by atoms with Crippen LogP contribution in [0.1, 0.15) is 5.56 Å². The number of carbonyl (C=O) groups is 1. The highest BCUT2D eigenvalue weighted by Gasteiger charge is 2.11. The van der Waals surface area contributed by atoms with Gasteiger partial charge in [-0.2, -0.15) is 0 Å². The molecule has 1 heterocycles. The third kappa shape index (κ3) is 3.55. The molecule has 0 saturated heterocycles. The van der Waals surface area contributed by atoms with Crippen molar-refractivity contribution < 1.29 is 13.6 Å². The molecular weight excluding hydrogens is 342 g/mol. The van der Waals surface area contributed by atoms with E-state index in [2.05, 4.69) is 10.3 Å². The molecule has 1 N–H and O–H groups in total. The number of hydrogen-bond donors (Lipinski definition) is 1. The first-order valence-electron chi connectivity index (χ1n) is 6.52. The van der Waals surface area contributed by atoms with Gasteiger partial charge in [0.15, 0.2) is 10.9 Å². The lowest BCUT2D eigenvalue weighted by molar-refractivity contribution is -0.111. The fourth-order valence-corrected chi connectivity index (χ4v) is 3.04. The summed E-state index contributed by atoms with van der Waals surface area (Å²) in [4.78, 5) is 15.8. The molecule has 116 valence electrons. The number of halogens is 3. The first-order chi connectivity index (χ1) is 11.0. The maximum atomic E-state index is 13.6. The second kappa shape index (κ2) is 6.44. The monoisotopic (exact) mass is 350 g/mol. The summed E-state index contributed by atoms with van der Waals surface area (Å²) >= 11 is 6.98. The number of anilines is 1. The number of nitrogens with one attached hydrogen (secondary N) is 1. The Hall–Kier alpha value is -2.31. The van der Waals surface area contributed by atoms with Crippen LogP contribution < -0.4 is 5.32 Å². The Morgan fingerprint density at radius 3 is 2.83 bits per heavy atom. The molecule has 23 heavy (non-hydrogen) atoms. The number of aromatic nitrogens is 1. The summed E-state index contributed by atoms with van der Waals surface area (Å²) < 4.78 is 27.0. The van der Waals surface area contributed by atoms with E-state index < -0.39 is 17.5 Å². The van der Waals surface area contributed by atoms with Gasteiger partial charge < -0.3 is 0 Å². The standard InChI is InChI=1S/C16H9ClF2N2OS/c17-11-4-2-1-3-9(11)5-6-14(22)20-16-21-15-12(19)7-10(18)8-13(15)23-16/h1-8H,(H,20,21,22)/b6-5-. The van der Waals surface area contributed by atoms with Crippen LogP contribution in [0.15, 0.2) is 42.5 Å². The first kappa shape index (κ1) is 15.6. The Kier molecular flexibility index (Phi) is 4.36. The lowest BCUT2D eigenvalue weighted by Gasteiger charge is -1.97. The summed E-state index contributed by atoms with van der Waals surface area (Å²) in [6, 6.07) is 8.99. The lowest BCUT2D eigenvalue weighted by atomic mass is 10.2. The van der Waals surface area contributed by atoms with Gasteiger partial charge in [-0.3, -0.25) is 10.1 Å². The topological polar surface area (TPSA) is 42.0 Å². The van der Waals surface area contributed by atoms with Crippen molar-refractivity contribution in [1.82, 2.24) is 4.98 Å². The molecule has 2 aromatic carbocycles. The molecule has 0 aliphatic rings. The Labute approximate surface area is 139 Å². The summed E-state index contributed by atoms with van der Waals surface area (Å²) in [5, 5.41) is 3.23. The van der Waals surface area contributed by atoms with Gasteiger partial charge in [-0.25, -0.2) is 13.8 Å². The van der Waals surface area contributed by atoms with Crippen molar-refractivity contribution >= 4 is 50.3 Å². The van der Waals surface area contributed by atoms with E-state index in [0.717, 1.165) is 17.4 Å². The number of thiazole rings is 1. The summed E-state index contributed by atoms with van der Waals surface area (Å²) in [5.74, 6) is -1.89. The number of rotatable bonds is 3. The molecule has 3 aromatic rings. The smallest absolute Gasteiger partial charge is 0.250 e. The van der Waals surface area contributed by atoms with Gasteiger partial charge in [0.2, 0.25) is 5.91 Å². The van der Waals surface area contributed by atoms with Gasteiger partial charge in [0, 0.05) is 17.2 Å². The normalized spacial score (nSPS) is 11.3. The minimum atomic E-state index is -0.761. The van der Waals surface area contributed by atoms with Crippen LogP contribution in [0.2, 0.25) is 5.02 Å². The maximum absolute atomic E-state index is 13.6. The van der Waals surface area contributed by atoms with Crippen molar-refractivity contribution in [3.8, 4) is 0 Å². The minimum absolute atomic E-state index is 0.0294. The van der Waals surface area contributed by atoms with Gasteiger partial charge in [-0.15, -0.1) is 0 Å². The van der Waals surface area contributed by atoms with E-state index in [4.69, 9.17) is 11.6 Å². The first-order valence-corrected chi connectivity index (χ1v) is 7.71. The van der Waals surface area contributed by atoms with Crippen molar-refractivity contribution in [3.05, 3.63) is 64.7 Å². The van der Waals surface area contributed by atoms with Gasteiger partial charge in [0.25, 0.3) is 0 Å². The SMILES string of the molecule is O=C(/C=C\c1ccccc1Cl)Nc1nc2c(F)cc(F)cc2s1. The van der Waals surface area contributed by atoms with Crippen molar-refractivity contribution in [1.29, 1.82) is 0 Å². The number of fused-ring (bicyclic) bond motifs is 1. The van der Waals surface area contributed by atoms with Crippen LogP contribution in [-0.2, 0) is 4.79 Å². The number of hydrogen-bond acceptors (Lipinski definition) is 3. The van der Waals surface area contributed by atoms with E-state index in [1.807, 2.05) is 0 Å². The third-order valence-corrected chi connectivity index (χ3v) is 4.22. The molecule has 0 aliphatic carbocycles. The van der Waals surface area contributed by atoms with E-state index in [0.29, 0.717) is 15.3 Å². The summed E-state index contributed by atoms with van der Waals surface area (Å²) in [6.45, 7) is 0. The van der Waals surface area contributed by atoms with Crippen LogP contribution in [0.25, 0.3) is 16.3 Å². The zero-order chi connectivity index (χ0) is 16.4. The molecule has 0 bridgehead atoms.